The van der Waals surface area contributed by atoms with E-state index in [9.17, 15) is 22.8 Å². The fraction of sp³-hybridized carbons (Fsp3) is 0.214. The molecule has 2 rings (SSSR count). The first kappa shape index (κ1) is 15.7. The van der Waals surface area contributed by atoms with Crippen LogP contribution in [0.1, 0.15) is 23.0 Å². The van der Waals surface area contributed by atoms with Gasteiger partial charge in [0.25, 0.3) is 11.5 Å². The Balaban J connectivity index is 2.24. The molecule has 0 radical (unpaired) electrons. The van der Waals surface area contributed by atoms with Crippen molar-refractivity contribution >= 4 is 11.6 Å². The number of alkyl halides is 3. The number of hydrogen-bond acceptors (Lipinski definition) is 3. The number of anilines is 1. The highest BCUT2D eigenvalue weighted by molar-refractivity contribution is 6.02. The maximum absolute atomic E-state index is 12.6. The van der Waals surface area contributed by atoms with Gasteiger partial charge >= 0.3 is 6.18 Å². The molecule has 22 heavy (non-hydrogen) atoms. The lowest BCUT2D eigenvalue weighted by atomic mass is 10.2. The number of carbonyl (C=O) groups is 1. The third-order valence-electron chi connectivity index (χ3n) is 2.90. The molecule has 5 nitrogen and oxygen atoms in total. The van der Waals surface area contributed by atoms with E-state index in [0.717, 1.165) is 12.3 Å². The van der Waals surface area contributed by atoms with Crippen molar-refractivity contribution in [2.75, 3.05) is 5.32 Å². The summed E-state index contributed by atoms with van der Waals surface area (Å²) >= 11 is 0. The maximum Gasteiger partial charge on any atom is 0.416 e. The Morgan fingerprint density at radius 2 is 2.05 bits per heavy atom. The van der Waals surface area contributed by atoms with Gasteiger partial charge in [-0.25, -0.2) is 0 Å². The van der Waals surface area contributed by atoms with Gasteiger partial charge in [0.15, 0.2) is 0 Å². The highest BCUT2D eigenvalue weighted by Crippen LogP contribution is 2.29. The van der Waals surface area contributed by atoms with Crippen LogP contribution in [0.4, 0.5) is 18.9 Å². The third-order valence-corrected chi connectivity index (χ3v) is 2.90. The zero-order valence-corrected chi connectivity index (χ0v) is 11.5. The molecule has 0 atom stereocenters. The van der Waals surface area contributed by atoms with Gasteiger partial charge in [-0.2, -0.15) is 13.2 Å². The molecule has 0 saturated heterocycles. The highest BCUT2D eigenvalue weighted by Gasteiger charge is 2.31. The van der Waals surface area contributed by atoms with Crippen LogP contribution in [0.15, 0.2) is 41.5 Å². The predicted molar refractivity (Wildman–Crippen MR) is 73.6 cm³/mol. The summed E-state index contributed by atoms with van der Waals surface area (Å²) in [7, 11) is 0. The van der Waals surface area contributed by atoms with E-state index < -0.39 is 17.6 Å². The first-order chi connectivity index (χ1) is 10.3. The predicted octanol–water partition coefficient (Wildman–Crippen LogP) is 2.53. The fourth-order valence-corrected chi connectivity index (χ4v) is 1.78. The van der Waals surface area contributed by atoms with Gasteiger partial charge in [-0.05, 0) is 25.1 Å². The normalized spacial score (nSPS) is 11.3. The topological polar surface area (TPSA) is 64.0 Å². The van der Waals surface area contributed by atoms with Crippen molar-refractivity contribution in [2.45, 2.75) is 19.6 Å². The standard InChI is InChI=1S/C14H12F3N3O2/c1-2-20-8-10(3-4-12(20)21)19-13(22)11-7-9(5-6-18-11)14(15,16)17/h3-8H,2H2,1H3,(H,19,22). The number of pyridine rings is 2. The minimum atomic E-state index is -4.55. The van der Waals surface area contributed by atoms with Crippen LogP contribution in [0.3, 0.4) is 0 Å². The van der Waals surface area contributed by atoms with E-state index in [1.54, 1.807) is 6.92 Å². The Labute approximate surface area is 123 Å². The first-order valence-electron chi connectivity index (χ1n) is 6.36. The van der Waals surface area contributed by atoms with Crippen molar-refractivity contribution in [2.24, 2.45) is 0 Å². The summed E-state index contributed by atoms with van der Waals surface area (Å²) in [6.45, 7) is 2.16. The third kappa shape index (κ3) is 3.51. The van der Waals surface area contributed by atoms with Crippen molar-refractivity contribution in [3.05, 3.63) is 58.3 Å². The number of aryl methyl sites for hydroxylation is 1. The zero-order chi connectivity index (χ0) is 16.3. The van der Waals surface area contributed by atoms with Gasteiger partial charge in [-0.15, -0.1) is 0 Å². The molecule has 2 heterocycles. The van der Waals surface area contributed by atoms with Crippen molar-refractivity contribution in [1.82, 2.24) is 9.55 Å². The van der Waals surface area contributed by atoms with E-state index in [2.05, 4.69) is 10.3 Å². The van der Waals surface area contributed by atoms with Gasteiger partial charge in [0.2, 0.25) is 0 Å². The smallest absolute Gasteiger partial charge is 0.319 e. The average Bonchev–Trinajstić information content (AvgIpc) is 2.48. The Morgan fingerprint density at radius 1 is 1.32 bits per heavy atom. The van der Waals surface area contributed by atoms with E-state index in [-0.39, 0.29) is 11.3 Å². The molecule has 0 fully saturated rings. The van der Waals surface area contributed by atoms with Crippen LogP contribution < -0.4 is 10.9 Å². The van der Waals surface area contributed by atoms with Gasteiger partial charge in [0, 0.05) is 25.0 Å². The van der Waals surface area contributed by atoms with Gasteiger partial charge < -0.3 is 9.88 Å². The molecule has 0 aliphatic carbocycles. The van der Waals surface area contributed by atoms with Crippen molar-refractivity contribution < 1.29 is 18.0 Å². The fourth-order valence-electron chi connectivity index (χ4n) is 1.78. The monoisotopic (exact) mass is 311 g/mol. The van der Waals surface area contributed by atoms with Crippen LogP contribution in [0.2, 0.25) is 0 Å². The molecule has 0 bridgehead atoms. The van der Waals surface area contributed by atoms with Gasteiger partial charge in [-0.1, -0.05) is 0 Å². The van der Waals surface area contributed by atoms with Crippen LogP contribution in [0.5, 0.6) is 0 Å². The summed E-state index contributed by atoms with van der Waals surface area (Å²) < 4.78 is 39.2. The van der Waals surface area contributed by atoms with E-state index in [0.29, 0.717) is 18.3 Å². The van der Waals surface area contributed by atoms with Crippen LogP contribution in [-0.2, 0) is 12.7 Å². The highest BCUT2D eigenvalue weighted by atomic mass is 19.4. The van der Waals surface area contributed by atoms with Crippen LogP contribution >= 0.6 is 0 Å². The molecule has 1 amide bonds. The van der Waals surface area contributed by atoms with E-state index in [4.69, 9.17) is 0 Å². The number of nitrogens with zero attached hydrogens (tertiary/aromatic N) is 2. The number of aromatic nitrogens is 2. The SMILES string of the molecule is CCn1cc(NC(=O)c2cc(C(F)(F)F)ccn2)ccc1=O. The summed E-state index contributed by atoms with van der Waals surface area (Å²) in [5.74, 6) is -0.785. The number of amides is 1. The lowest BCUT2D eigenvalue weighted by molar-refractivity contribution is -0.137. The van der Waals surface area contributed by atoms with E-state index in [1.165, 1.54) is 22.9 Å². The molecule has 0 spiro atoms. The largest absolute Gasteiger partial charge is 0.416 e. The quantitative estimate of drug-likeness (QED) is 0.947. The second kappa shape index (κ2) is 6.00. The second-order valence-electron chi connectivity index (χ2n) is 4.42. The average molecular weight is 311 g/mol. The molecule has 1 N–H and O–H groups in total. The van der Waals surface area contributed by atoms with Crippen LogP contribution in [0, 0.1) is 0 Å². The lowest BCUT2D eigenvalue weighted by Crippen LogP contribution is -2.20. The number of rotatable bonds is 3. The van der Waals surface area contributed by atoms with Crippen LogP contribution in [0.25, 0.3) is 0 Å². The molecular formula is C14H12F3N3O2. The second-order valence-corrected chi connectivity index (χ2v) is 4.42. The molecular weight excluding hydrogens is 299 g/mol. The molecule has 0 unspecified atom stereocenters. The Kier molecular flexibility index (Phi) is 4.30. The van der Waals surface area contributed by atoms with Crippen molar-refractivity contribution in [1.29, 1.82) is 0 Å². The first-order valence-corrected chi connectivity index (χ1v) is 6.36. The molecule has 0 aliphatic heterocycles. The minimum Gasteiger partial charge on any atom is -0.319 e. The number of carbonyl (C=O) groups excluding carboxylic acids is 1. The Morgan fingerprint density at radius 3 is 2.68 bits per heavy atom. The van der Waals surface area contributed by atoms with Gasteiger partial charge in [0.05, 0.1) is 11.3 Å². The molecule has 116 valence electrons. The minimum absolute atomic E-state index is 0.238. The summed E-state index contributed by atoms with van der Waals surface area (Å²) in [6, 6.07) is 4.10. The van der Waals surface area contributed by atoms with Crippen molar-refractivity contribution in [3.63, 3.8) is 0 Å². The Hall–Kier alpha value is -2.64. The Bertz CT molecular complexity index is 753. The van der Waals surface area contributed by atoms with E-state index in [1.807, 2.05) is 0 Å². The molecule has 2 aromatic rings. The van der Waals surface area contributed by atoms with Gasteiger partial charge in [-0.3, -0.25) is 14.6 Å². The number of halogens is 3. The van der Waals surface area contributed by atoms with E-state index >= 15 is 0 Å². The van der Waals surface area contributed by atoms with Crippen LogP contribution in [-0.4, -0.2) is 15.5 Å². The summed E-state index contributed by atoms with van der Waals surface area (Å²) in [5.41, 5.74) is -1.25. The number of nitrogens with one attached hydrogen (secondary N) is 1. The molecule has 0 aliphatic rings. The molecule has 0 saturated carbocycles. The maximum atomic E-state index is 12.6. The summed E-state index contributed by atoms with van der Waals surface area (Å²) in [4.78, 5) is 27.0. The zero-order valence-electron chi connectivity index (χ0n) is 11.5. The molecule has 0 aromatic carbocycles. The number of hydrogen-bond donors (Lipinski definition) is 1. The molecule has 2 aromatic heterocycles. The lowest BCUT2D eigenvalue weighted by Gasteiger charge is -2.09. The van der Waals surface area contributed by atoms with Gasteiger partial charge in [0.1, 0.15) is 5.69 Å². The molecule has 8 heteroatoms. The summed E-state index contributed by atoms with van der Waals surface area (Å²) in [5, 5.41) is 2.41. The summed E-state index contributed by atoms with van der Waals surface area (Å²) in [6.07, 6.45) is -2.22. The van der Waals surface area contributed by atoms with Crippen molar-refractivity contribution in [3.8, 4) is 0 Å².